The highest BCUT2D eigenvalue weighted by Crippen LogP contribution is 2.14. The minimum atomic E-state index is 0. The first kappa shape index (κ1) is 21.2. The van der Waals surface area contributed by atoms with E-state index < -0.39 is 0 Å². The number of rotatable bonds is 6. The summed E-state index contributed by atoms with van der Waals surface area (Å²) in [5.74, 6) is 1.79. The van der Waals surface area contributed by atoms with Crippen molar-refractivity contribution in [3.8, 4) is 0 Å². The maximum Gasteiger partial charge on any atom is 0.194 e. The maximum absolute atomic E-state index is 5.34. The largest absolute Gasteiger partial charge is 0.359 e. The van der Waals surface area contributed by atoms with E-state index in [4.69, 9.17) is 9.52 Å². The standard InChI is InChI=1S/C18H27N5OS.HI/c1-3-15-12-16(24-21-15)13-20-18(19-4-2)23-9-7-22(8-10-23)14-17-6-5-11-25-17;/h5-6,11-12H,3-4,7-10,13-14H2,1-2H3,(H,19,20);1H. The van der Waals surface area contributed by atoms with E-state index >= 15 is 0 Å². The predicted octanol–water partition coefficient (Wildman–Crippen LogP) is 3.20. The van der Waals surface area contributed by atoms with Gasteiger partial charge in [-0.05, 0) is 24.8 Å². The summed E-state index contributed by atoms with van der Waals surface area (Å²) >= 11 is 1.83. The Labute approximate surface area is 176 Å². The van der Waals surface area contributed by atoms with E-state index in [9.17, 15) is 0 Å². The molecule has 3 rings (SSSR count). The molecule has 8 heteroatoms. The number of aryl methyl sites for hydroxylation is 1. The zero-order valence-corrected chi connectivity index (χ0v) is 18.6. The molecule has 3 heterocycles. The first-order chi connectivity index (χ1) is 12.3. The molecule has 0 atom stereocenters. The number of aromatic nitrogens is 1. The second-order valence-electron chi connectivity index (χ2n) is 6.15. The van der Waals surface area contributed by atoms with Crippen LogP contribution in [0.5, 0.6) is 0 Å². The minimum absolute atomic E-state index is 0. The lowest BCUT2D eigenvalue weighted by Crippen LogP contribution is -2.52. The number of aliphatic imine (C=N–C) groups is 1. The first-order valence-electron chi connectivity index (χ1n) is 9.01. The van der Waals surface area contributed by atoms with E-state index in [2.05, 4.69) is 51.6 Å². The van der Waals surface area contributed by atoms with Gasteiger partial charge >= 0.3 is 0 Å². The number of guanidine groups is 1. The zero-order valence-electron chi connectivity index (χ0n) is 15.5. The van der Waals surface area contributed by atoms with E-state index in [0.29, 0.717) is 6.54 Å². The van der Waals surface area contributed by atoms with Crippen LogP contribution in [0.15, 0.2) is 33.1 Å². The summed E-state index contributed by atoms with van der Waals surface area (Å²) in [5.41, 5.74) is 0.984. The fraction of sp³-hybridized carbons (Fsp3) is 0.556. The van der Waals surface area contributed by atoms with Crippen molar-refractivity contribution in [2.75, 3.05) is 32.7 Å². The number of piperazine rings is 1. The normalized spacial score (nSPS) is 15.8. The van der Waals surface area contributed by atoms with Gasteiger partial charge in [0.2, 0.25) is 0 Å². The average molecular weight is 489 g/mol. The first-order valence-corrected chi connectivity index (χ1v) is 9.89. The second-order valence-corrected chi connectivity index (χ2v) is 7.18. The third-order valence-corrected chi connectivity index (χ3v) is 5.18. The van der Waals surface area contributed by atoms with Crippen LogP contribution in [-0.4, -0.2) is 53.6 Å². The van der Waals surface area contributed by atoms with Crippen molar-refractivity contribution in [1.29, 1.82) is 0 Å². The monoisotopic (exact) mass is 489 g/mol. The van der Waals surface area contributed by atoms with Crippen molar-refractivity contribution in [3.05, 3.63) is 39.9 Å². The zero-order chi connectivity index (χ0) is 17.5. The van der Waals surface area contributed by atoms with Crippen LogP contribution in [0.4, 0.5) is 0 Å². The van der Waals surface area contributed by atoms with E-state index in [0.717, 1.165) is 63.1 Å². The Hall–Kier alpha value is -1.13. The van der Waals surface area contributed by atoms with Crippen molar-refractivity contribution in [3.63, 3.8) is 0 Å². The van der Waals surface area contributed by atoms with E-state index in [1.807, 2.05) is 17.4 Å². The van der Waals surface area contributed by atoms with Crippen LogP contribution < -0.4 is 5.32 Å². The van der Waals surface area contributed by atoms with Crippen LogP contribution in [0, 0.1) is 0 Å². The summed E-state index contributed by atoms with van der Waals surface area (Å²) in [4.78, 5) is 11.0. The molecule has 144 valence electrons. The van der Waals surface area contributed by atoms with Gasteiger partial charge in [0.25, 0.3) is 0 Å². The molecule has 0 unspecified atom stereocenters. The lowest BCUT2D eigenvalue weighted by atomic mass is 10.3. The summed E-state index contributed by atoms with van der Waals surface area (Å²) in [7, 11) is 0. The molecule has 0 saturated carbocycles. The summed E-state index contributed by atoms with van der Waals surface area (Å²) in [5, 5.41) is 9.58. The number of nitrogens with one attached hydrogen (secondary N) is 1. The Morgan fingerprint density at radius 3 is 2.73 bits per heavy atom. The Morgan fingerprint density at radius 2 is 2.12 bits per heavy atom. The van der Waals surface area contributed by atoms with Crippen molar-refractivity contribution in [1.82, 2.24) is 20.3 Å². The highest BCUT2D eigenvalue weighted by molar-refractivity contribution is 14.0. The van der Waals surface area contributed by atoms with Crippen LogP contribution in [0.25, 0.3) is 0 Å². The molecular formula is C18H28IN5OS. The fourth-order valence-electron chi connectivity index (χ4n) is 2.92. The highest BCUT2D eigenvalue weighted by atomic mass is 127. The van der Waals surface area contributed by atoms with Gasteiger partial charge in [0.15, 0.2) is 11.7 Å². The van der Waals surface area contributed by atoms with Crippen LogP contribution in [0.1, 0.15) is 30.2 Å². The van der Waals surface area contributed by atoms with Crippen LogP contribution in [-0.2, 0) is 19.5 Å². The van der Waals surface area contributed by atoms with Gasteiger partial charge in [0.1, 0.15) is 6.54 Å². The van der Waals surface area contributed by atoms with Crippen LogP contribution in [0.3, 0.4) is 0 Å². The number of hydrogen-bond donors (Lipinski definition) is 1. The third-order valence-electron chi connectivity index (χ3n) is 4.32. The molecular weight excluding hydrogens is 461 g/mol. The van der Waals surface area contributed by atoms with E-state index in [-0.39, 0.29) is 24.0 Å². The van der Waals surface area contributed by atoms with Crippen LogP contribution in [0.2, 0.25) is 0 Å². The van der Waals surface area contributed by atoms with Gasteiger partial charge in [-0.15, -0.1) is 35.3 Å². The summed E-state index contributed by atoms with van der Waals surface area (Å²) in [6.45, 7) is 10.7. The molecule has 6 nitrogen and oxygen atoms in total. The molecule has 0 radical (unpaired) electrons. The van der Waals surface area contributed by atoms with Gasteiger partial charge in [-0.3, -0.25) is 4.90 Å². The van der Waals surface area contributed by atoms with Gasteiger partial charge < -0.3 is 14.7 Å². The van der Waals surface area contributed by atoms with Gasteiger partial charge in [-0.2, -0.15) is 0 Å². The van der Waals surface area contributed by atoms with Gasteiger partial charge in [0.05, 0.1) is 5.69 Å². The molecule has 0 spiro atoms. The van der Waals surface area contributed by atoms with E-state index in [1.54, 1.807) is 0 Å². The number of nitrogens with zero attached hydrogens (tertiary/aromatic N) is 4. The van der Waals surface area contributed by atoms with Gasteiger partial charge in [0, 0.05) is 50.2 Å². The number of hydrogen-bond acceptors (Lipinski definition) is 5. The second kappa shape index (κ2) is 10.9. The average Bonchev–Trinajstić information content (AvgIpc) is 3.31. The molecule has 1 aliphatic heterocycles. The summed E-state index contributed by atoms with van der Waals surface area (Å²) in [6.07, 6.45) is 0.888. The molecule has 1 N–H and O–H groups in total. The van der Waals surface area contributed by atoms with Crippen molar-refractivity contribution in [2.24, 2.45) is 4.99 Å². The molecule has 1 aliphatic rings. The molecule has 1 saturated heterocycles. The molecule has 1 fully saturated rings. The topological polar surface area (TPSA) is 56.9 Å². The molecule has 2 aromatic heterocycles. The smallest absolute Gasteiger partial charge is 0.194 e. The van der Waals surface area contributed by atoms with Crippen molar-refractivity contribution >= 4 is 41.3 Å². The van der Waals surface area contributed by atoms with Gasteiger partial charge in [-0.25, -0.2) is 4.99 Å². The van der Waals surface area contributed by atoms with Crippen molar-refractivity contribution < 1.29 is 4.52 Å². The molecule has 0 amide bonds. The van der Waals surface area contributed by atoms with E-state index in [1.165, 1.54) is 4.88 Å². The summed E-state index contributed by atoms with van der Waals surface area (Å²) in [6, 6.07) is 6.33. The number of halogens is 1. The Bertz CT molecular complexity index is 665. The molecule has 0 aromatic carbocycles. The number of thiophene rings is 1. The lowest BCUT2D eigenvalue weighted by molar-refractivity contribution is 0.173. The Kier molecular flexibility index (Phi) is 8.86. The quantitative estimate of drug-likeness (QED) is 0.384. The molecule has 26 heavy (non-hydrogen) atoms. The van der Waals surface area contributed by atoms with Crippen molar-refractivity contribution in [2.45, 2.75) is 33.4 Å². The molecule has 2 aromatic rings. The summed E-state index contributed by atoms with van der Waals surface area (Å²) < 4.78 is 5.34. The highest BCUT2D eigenvalue weighted by Gasteiger charge is 2.20. The van der Waals surface area contributed by atoms with Gasteiger partial charge in [-0.1, -0.05) is 18.1 Å². The lowest BCUT2D eigenvalue weighted by Gasteiger charge is -2.36. The minimum Gasteiger partial charge on any atom is -0.359 e. The third kappa shape index (κ3) is 5.95. The molecule has 0 bridgehead atoms. The maximum atomic E-state index is 5.34. The SMILES string of the molecule is CCNC(=NCc1cc(CC)no1)N1CCN(Cc2cccs2)CC1.I. The molecule has 0 aliphatic carbocycles. The Morgan fingerprint density at radius 1 is 1.31 bits per heavy atom. The predicted molar refractivity (Wildman–Crippen MR) is 117 cm³/mol. The van der Waals surface area contributed by atoms with Crippen LogP contribution >= 0.6 is 35.3 Å². The Balaban J connectivity index is 0.00000243. The fourth-order valence-corrected chi connectivity index (χ4v) is 3.66.